The predicted molar refractivity (Wildman–Crippen MR) is 76.8 cm³/mol. The molecule has 2 heterocycles. The molecule has 0 radical (unpaired) electrons. The van der Waals surface area contributed by atoms with Gasteiger partial charge in [-0.15, -0.1) is 0 Å². The molecule has 0 amide bonds. The van der Waals surface area contributed by atoms with Gasteiger partial charge in [-0.3, -0.25) is 0 Å². The van der Waals surface area contributed by atoms with Crippen LogP contribution in [0.25, 0.3) is 0 Å². The molecule has 0 spiro atoms. The van der Waals surface area contributed by atoms with Crippen LogP contribution in [-0.4, -0.2) is 66.6 Å². The number of aromatic nitrogens is 3. The molecule has 1 aromatic heterocycles. The number of nitrogen functional groups attached to an aromatic ring is 1. The molecule has 1 saturated heterocycles. The van der Waals surface area contributed by atoms with Crippen LogP contribution in [-0.2, 0) is 4.74 Å². The van der Waals surface area contributed by atoms with E-state index in [1.165, 1.54) is 0 Å². The lowest BCUT2D eigenvalue weighted by Crippen LogP contribution is -2.46. The summed E-state index contributed by atoms with van der Waals surface area (Å²) in [5.74, 6) is 1.13. The van der Waals surface area contributed by atoms with E-state index in [1.54, 1.807) is 9.80 Å². The number of hydrogen-bond donors (Lipinski definition) is 2. The molecule has 1 aliphatic rings. The smallest absolute Gasteiger partial charge is 0.231 e. The van der Waals surface area contributed by atoms with Gasteiger partial charge in [-0.2, -0.15) is 15.0 Å². The molecular weight excluding hydrogens is 260 g/mol. The van der Waals surface area contributed by atoms with Crippen molar-refractivity contribution in [3.05, 3.63) is 0 Å². The average molecular weight is 282 g/mol. The van der Waals surface area contributed by atoms with Gasteiger partial charge in [0, 0.05) is 53.7 Å². The van der Waals surface area contributed by atoms with E-state index < -0.39 is 5.60 Å². The third-order valence-corrected chi connectivity index (χ3v) is 3.33. The summed E-state index contributed by atoms with van der Waals surface area (Å²) < 4.78 is 5.28. The molecule has 0 bridgehead atoms. The van der Waals surface area contributed by atoms with Gasteiger partial charge < -0.3 is 25.4 Å². The van der Waals surface area contributed by atoms with Gasteiger partial charge >= 0.3 is 0 Å². The number of likely N-dealkylation sites (N-methyl/N-ethyl adjacent to an activating group) is 1. The Labute approximate surface area is 118 Å². The molecule has 0 atom stereocenters. The summed E-state index contributed by atoms with van der Waals surface area (Å²) in [7, 11) is 5.51. The van der Waals surface area contributed by atoms with Gasteiger partial charge in [-0.1, -0.05) is 0 Å². The van der Waals surface area contributed by atoms with E-state index in [2.05, 4.69) is 15.0 Å². The van der Waals surface area contributed by atoms with Crippen molar-refractivity contribution >= 4 is 17.8 Å². The maximum atomic E-state index is 10.5. The lowest BCUT2D eigenvalue weighted by atomic mass is 9.94. The van der Waals surface area contributed by atoms with Crippen molar-refractivity contribution in [2.75, 3.05) is 56.4 Å². The van der Waals surface area contributed by atoms with Gasteiger partial charge in [-0.05, 0) is 0 Å². The van der Waals surface area contributed by atoms with Crippen molar-refractivity contribution < 1.29 is 9.84 Å². The summed E-state index contributed by atoms with van der Waals surface area (Å²) in [5.41, 5.74) is 4.93. The number of anilines is 3. The van der Waals surface area contributed by atoms with Crippen molar-refractivity contribution in [2.24, 2.45) is 0 Å². The Bertz CT molecular complexity index is 461. The Hall–Kier alpha value is -1.67. The van der Waals surface area contributed by atoms with E-state index in [0.29, 0.717) is 44.5 Å². The van der Waals surface area contributed by atoms with E-state index in [0.717, 1.165) is 0 Å². The maximum absolute atomic E-state index is 10.5. The van der Waals surface area contributed by atoms with Gasteiger partial charge in [-0.25, -0.2) is 0 Å². The molecule has 2 rings (SSSR count). The lowest BCUT2D eigenvalue weighted by Gasteiger charge is -2.35. The van der Waals surface area contributed by atoms with Crippen LogP contribution in [0.2, 0.25) is 0 Å². The van der Waals surface area contributed by atoms with Crippen molar-refractivity contribution in [2.45, 2.75) is 18.4 Å². The Morgan fingerprint density at radius 2 is 1.75 bits per heavy atom. The normalized spacial score (nSPS) is 17.8. The lowest BCUT2D eigenvalue weighted by molar-refractivity contribution is -0.0574. The van der Waals surface area contributed by atoms with Crippen molar-refractivity contribution in [1.82, 2.24) is 15.0 Å². The van der Waals surface area contributed by atoms with Gasteiger partial charge in [0.05, 0.1) is 5.60 Å². The van der Waals surface area contributed by atoms with Crippen molar-refractivity contribution in [3.8, 4) is 0 Å². The Morgan fingerprint density at radius 3 is 2.35 bits per heavy atom. The second kappa shape index (κ2) is 5.76. The van der Waals surface area contributed by atoms with E-state index in [-0.39, 0.29) is 5.95 Å². The largest absolute Gasteiger partial charge is 0.388 e. The Balaban J connectivity index is 2.14. The van der Waals surface area contributed by atoms with E-state index in [4.69, 9.17) is 10.5 Å². The summed E-state index contributed by atoms with van der Waals surface area (Å²) in [6, 6.07) is 0. The van der Waals surface area contributed by atoms with E-state index in [1.807, 2.05) is 21.1 Å². The van der Waals surface area contributed by atoms with Crippen molar-refractivity contribution in [1.29, 1.82) is 0 Å². The first kappa shape index (κ1) is 14.7. The van der Waals surface area contributed by atoms with Crippen LogP contribution in [0.3, 0.4) is 0 Å². The third kappa shape index (κ3) is 3.45. The maximum Gasteiger partial charge on any atom is 0.231 e. The second-order valence-electron chi connectivity index (χ2n) is 5.38. The molecule has 0 aliphatic carbocycles. The van der Waals surface area contributed by atoms with Gasteiger partial charge in [0.2, 0.25) is 17.8 Å². The van der Waals surface area contributed by atoms with Crippen molar-refractivity contribution in [3.63, 3.8) is 0 Å². The molecule has 8 heteroatoms. The third-order valence-electron chi connectivity index (χ3n) is 3.33. The van der Waals surface area contributed by atoms with Crippen LogP contribution in [0, 0.1) is 0 Å². The summed E-state index contributed by atoms with van der Waals surface area (Å²) >= 11 is 0. The van der Waals surface area contributed by atoms with Crippen LogP contribution in [0.15, 0.2) is 0 Å². The number of aliphatic hydroxyl groups is 1. The standard InChI is InChI=1S/C12H22N6O2/c1-17(2)10-14-9(13)15-11(16-10)18(3)8-12(19)4-6-20-7-5-12/h19H,4-8H2,1-3H3,(H2,13,14,15,16). The molecular formula is C12H22N6O2. The highest BCUT2D eigenvalue weighted by atomic mass is 16.5. The molecule has 0 aromatic carbocycles. The second-order valence-corrected chi connectivity index (χ2v) is 5.38. The molecule has 112 valence electrons. The van der Waals surface area contributed by atoms with Crippen LogP contribution < -0.4 is 15.5 Å². The molecule has 8 nitrogen and oxygen atoms in total. The monoisotopic (exact) mass is 282 g/mol. The topological polar surface area (TPSA) is 101 Å². The van der Waals surface area contributed by atoms with E-state index in [9.17, 15) is 5.11 Å². The number of nitrogens with zero attached hydrogens (tertiary/aromatic N) is 5. The minimum absolute atomic E-state index is 0.171. The fourth-order valence-electron chi connectivity index (χ4n) is 2.16. The summed E-state index contributed by atoms with van der Waals surface area (Å²) in [6.45, 7) is 1.59. The minimum Gasteiger partial charge on any atom is -0.388 e. The van der Waals surface area contributed by atoms with Crippen LogP contribution in [0.4, 0.5) is 17.8 Å². The quantitative estimate of drug-likeness (QED) is 0.762. The fraction of sp³-hybridized carbons (Fsp3) is 0.750. The highest BCUT2D eigenvalue weighted by Crippen LogP contribution is 2.23. The van der Waals surface area contributed by atoms with Crippen LogP contribution in [0.5, 0.6) is 0 Å². The van der Waals surface area contributed by atoms with Gasteiger partial charge in [0.25, 0.3) is 0 Å². The van der Waals surface area contributed by atoms with Crippen LogP contribution in [0.1, 0.15) is 12.8 Å². The summed E-state index contributed by atoms with van der Waals surface area (Å²) in [5, 5.41) is 10.5. The molecule has 20 heavy (non-hydrogen) atoms. The molecule has 3 N–H and O–H groups in total. The predicted octanol–water partition coefficient (Wildman–Crippen LogP) is -0.502. The number of rotatable bonds is 4. The SMILES string of the molecule is CN(C)c1nc(N)nc(N(C)CC2(O)CCOCC2)n1. The van der Waals surface area contributed by atoms with E-state index >= 15 is 0 Å². The number of ether oxygens (including phenoxy) is 1. The first-order valence-corrected chi connectivity index (χ1v) is 6.60. The minimum atomic E-state index is -0.771. The highest BCUT2D eigenvalue weighted by molar-refractivity contribution is 5.42. The molecule has 0 saturated carbocycles. The summed E-state index contributed by atoms with van der Waals surface area (Å²) in [4.78, 5) is 16.1. The molecule has 0 unspecified atom stereocenters. The Kier molecular flexibility index (Phi) is 4.24. The zero-order valence-electron chi connectivity index (χ0n) is 12.2. The first-order chi connectivity index (χ1) is 9.39. The summed E-state index contributed by atoms with van der Waals surface area (Å²) in [6.07, 6.45) is 1.22. The molecule has 1 aromatic rings. The van der Waals surface area contributed by atoms with Crippen LogP contribution >= 0.6 is 0 Å². The number of hydrogen-bond acceptors (Lipinski definition) is 8. The zero-order chi connectivity index (χ0) is 14.8. The zero-order valence-corrected chi connectivity index (χ0v) is 12.2. The average Bonchev–Trinajstić information content (AvgIpc) is 2.38. The highest BCUT2D eigenvalue weighted by Gasteiger charge is 2.32. The molecule has 1 aliphatic heterocycles. The number of nitrogens with two attached hydrogens (primary N) is 1. The first-order valence-electron chi connectivity index (χ1n) is 6.60. The van der Waals surface area contributed by atoms with Gasteiger partial charge in [0.1, 0.15) is 0 Å². The fourth-order valence-corrected chi connectivity index (χ4v) is 2.16. The molecule has 1 fully saturated rings. The van der Waals surface area contributed by atoms with Gasteiger partial charge in [0.15, 0.2) is 0 Å². The Morgan fingerprint density at radius 1 is 1.15 bits per heavy atom.